The van der Waals surface area contributed by atoms with Gasteiger partial charge in [-0.15, -0.1) is 0 Å². The van der Waals surface area contributed by atoms with Crippen LogP contribution < -0.4 is 20.3 Å². The second-order valence-corrected chi connectivity index (χ2v) is 9.61. The van der Waals surface area contributed by atoms with E-state index in [-0.39, 0.29) is 0 Å². The number of imidazole rings is 1. The molecule has 0 aliphatic heterocycles. The summed E-state index contributed by atoms with van der Waals surface area (Å²) in [6, 6.07) is 16.9. The van der Waals surface area contributed by atoms with Crippen LogP contribution in [0, 0.1) is 0 Å². The average molecular weight is 486 g/mol. The van der Waals surface area contributed by atoms with E-state index >= 15 is 0 Å². The van der Waals surface area contributed by atoms with Gasteiger partial charge in [-0.3, -0.25) is 0 Å². The highest BCUT2D eigenvalue weighted by Gasteiger charge is 2.21. The number of hydrogen-bond donors (Lipinski definition) is 2. The van der Waals surface area contributed by atoms with E-state index in [9.17, 15) is 0 Å². The molecular formula is C28H35N7O. The van der Waals surface area contributed by atoms with Gasteiger partial charge in [0.05, 0.1) is 13.4 Å². The predicted octanol–water partition coefficient (Wildman–Crippen LogP) is 5.80. The number of methoxy groups -OCH3 is 1. The Bertz CT molecular complexity index is 1290. The van der Waals surface area contributed by atoms with Gasteiger partial charge in [-0.1, -0.05) is 37.5 Å². The van der Waals surface area contributed by atoms with Crippen LogP contribution in [-0.2, 0) is 6.42 Å². The van der Waals surface area contributed by atoms with E-state index in [0.717, 1.165) is 47.1 Å². The number of fused-ring (bicyclic) bond motifs is 1. The molecule has 0 atom stereocenters. The average Bonchev–Trinajstić information content (AvgIpc) is 3.34. The third-order valence-electron chi connectivity index (χ3n) is 6.87. The third kappa shape index (κ3) is 5.37. The molecule has 36 heavy (non-hydrogen) atoms. The Labute approximate surface area is 212 Å². The van der Waals surface area contributed by atoms with E-state index < -0.39 is 0 Å². The topological polar surface area (TPSA) is 80.1 Å². The number of anilines is 4. The second kappa shape index (κ2) is 10.8. The van der Waals surface area contributed by atoms with Crippen molar-refractivity contribution in [1.29, 1.82) is 0 Å². The molecule has 1 fully saturated rings. The molecule has 2 heterocycles. The zero-order valence-electron chi connectivity index (χ0n) is 21.4. The normalized spacial score (nSPS) is 14.1. The van der Waals surface area contributed by atoms with E-state index in [2.05, 4.69) is 44.4 Å². The van der Waals surface area contributed by atoms with Gasteiger partial charge < -0.3 is 24.8 Å². The van der Waals surface area contributed by atoms with Crippen molar-refractivity contribution in [3.63, 3.8) is 0 Å². The van der Waals surface area contributed by atoms with Gasteiger partial charge in [0.15, 0.2) is 17.0 Å². The van der Waals surface area contributed by atoms with E-state index in [4.69, 9.17) is 19.7 Å². The largest absolute Gasteiger partial charge is 0.497 e. The maximum Gasteiger partial charge on any atom is 0.231 e. The van der Waals surface area contributed by atoms with Crippen molar-refractivity contribution in [1.82, 2.24) is 19.5 Å². The summed E-state index contributed by atoms with van der Waals surface area (Å²) in [5.41, 5.74) is 5.01. The molecule has 0 unspecified atom stereocenters. The molecular weight excluding hydrogens is 450 g/mol. The highest BCUT2D eigenvalue weighted by molar-refractivity contribution is 5.85. The minimum atomic E-state index is 0.440. The van der Waals surface area contributed by atoms with Gasteiger partial charge in [-0.25, -0.2) is 4.98 Å². The van der Waals surface area contributed by atoms with Gasteiger partial charge in [0.1, 0.15) is 5.75 Å². The lowest BCUT2D eigenvalue weighted by Gasteiger charge is -2.23. The zero-order valence-corrected chi connectivity index (χ0v) is 21.4. The molecule has 2 aromatic heterocycles. The minimum Gasteiger partial charge on any atom is -0.497 e. The van der Waals surface area contributed by atoms with E-state index in [0.29, 0.717) is 12.0 Å². The fourth-order valence-electron chi connectivity index (χ4n) is 4.83. The van der Waals surface area contributed by atoms with E-state index in [1.165, 1.54) is 37.7 Å². The lowest BCUT2D eigenvalue weighted by molar-refractivity contribution is 0.358. The van der Waals surface area contributed by atoms with Crippen LogP contribution in [0.2, 0.25) is 0 Å². The summed E-state index contributed by atoms with van der Waals surface area (Å²) in [5, 5.41) is 6.96. The van der Waals surface area contributed by atoms with E-state index in [1.807, 2.05) is 44.7 Å². The van der Waals surface area contributed by atoms with Gasteiger partial charge in [-0.2, -0.15) is 9.97 Å². The molecule has 4 aromatic rings. The van der Waals surface area contributed by atoms with Crippen LogP contribution in [0.4, 0.5) is 23.1 Å². The fraction of sp³-hybridized carbons (Fsp3) is 0.393. The third-order valence-corrected chi connectivity index (χ3v) is 6.87. The summed E-state index contributed by atoms with van der Waals surface area (Å²) in [6.07, 6.45) is 8.97. The first-order chi connectivity index (χ1) is 17.6. The first-order valence-electron chi connectivity index (χ1n) is 12.8. The van der Waals surface area contributed by atoms with Crippen molar-refractivity contribution >= 4 is 34.3 Å². The van der Waals surface area contributed by atoms with Gasteiger partial charge in [0, 0.05) is 38.1 Å². The molecule has 8 nitrogen and oxygen atoms in total. The number of hydrogen-bond acceptors (Lipinski definition) is 7. The first-order valence-corrected chi connectivity index (χ1v) is 12.8. The van der Waals surface area contributed by atoms with Crippen LogP contribution >= 0.6 is 0 Å². The van der Waals surface area contributed by atoms with Gasteiger partial charge in [0.2, 0.25) is 5.95 Å². The first kappa shape index (κ1) is 23.9. The number of nitrogens with one attached hydrogen (secondary N) is 2. The molecule has 0 amide bonds. The molecule has 1 aliphatic rings. The molecule has 0 saturated heterocycles. The van der Waals surface area contributed by atoms with Crippen LogP contribution in [-0.4, -0.2) is 47.3 Å². The standard InChI is InChI=1S/C28H35N7O/c1-34(2)23-11-7-8-21(18-23)31-28-32-26(29-17-16-20-12-14-24(36-3)15-13-20)25-27(33-28)35(19-30-25)22-9-5-4-6-10-22/h7-8,11-15,18-19,22H,4-6,9-10,16-17H2,1-3H3,(H2,29,31,32,33). The van der Waals surface area contributed by atoms with Crippen molar-refractivity contribution in [3.05, 3.63) is 60.4 Å². The van der Waals surface area contributed by atoms with Crippen molar-refractivity contribution < 1.29 is 4.74 Å². The maximum absolute atomic E-state index is 5.27. The number of rotatable bonds is 9. The summed E-state index contributed by atoms with van der Waals surface area (Å²) in [6.45, 7) is 0.740. The molecule has 2 aromatic carbocycles. The number of aromatic nitrogens is 4. The van der Waals surface area contributed by atoms with Gasteiger partial charge in [-0.05, 0) is 55.2 Å². The lowest BCUT2D eigenvalue weighted by atomic mass is 9.95. The second-order valence-electron chi connectivity index (χ2n) is 9.61. The van der Waals surface area contributed by atoms with Crippen molar-refractivity contribution in [2.24, 2.45) is 0 Å². The summed E-state index contributed by atoms with van der Waals surface area (Å²) < 4.78 is 7.53. The van der Waals surface area contributed by atoms with Crippen molar-refractivity contribution in [2.45, 2.75) is 44.6 Å². The van der Waals surface area contributed by atoms with Crippen LogP contribution in [0.1, 0.15) is 43.7 Å². The van der Waals surface area contributed by atoms with Crippen LogP contribution in [0.15, 0.2) is 54.9 Å². The Morgan fingerprint density at radius 3 is 2.58 bits per heavy atom. The van der Waals surface area contributed by atoms with Crippen molar-refractivity contribution in [2.75, 3.05) is 43.3 Å². The van der Waals surface area contributed by atoms with Crippen molar-refractivity contribution in [3.8, 4) is 5.75 Å². The summed E-state index contributed by atoms with van der Waals surface area (Å²) >= 11 is 0. The summed E-state index contributed by atoms with van der Waals surface area (Å²) in [7, 11) is 5.76. The van der Waals surface area contributed by atoms with E-state index in [1.54, 1.807) is 7.11 Å². The molecule has 0 radical (unpaired) electrons. The predicted molar refractivity (Wildman–Crippen MR) is 147 cm³/mol. The van der Waals surface area contributed by atoms with Gasteiger partial charge >= 0.3 is 0 Å². The molecule has 1 aliphatic carbocycles. The molecule has 0 spiro atoms. The van der Waals surface area contributed by atoms with Crippen LogP contribution in [0.5, 0.6) is 5.75 Å². The molecule has 2 N–H and O–H groups in total. The Morgan fingerprint density at radius 2 is 1.83 bits per heavy atom. The smallest absolute Gasteiger partial charge is 0.231 e. The number of nitrogens with zero attached hydrogens (tertiary/aromatic N) is 5. The van der Waals surface area contributed by atoms with Gasteiger partial charge in [0.25, 0.3) is 0 Å². The quantitative estimate of drug-likeness (QED) is 0.310. The highest BCUT2D eigenvalue weighted by Crippen LogP contribution is 2.32. The summed E-state index contributed by atoms with van der Waals surface area (Å²) in [5.74, 6) is 2.20. The fourth-order valence-corrected chi connectivity index (χ4v) is 4.83. The minimum absolute atomic E-state index is 0.440. The Hall–Kier alpha value is -3.81. The molecule has 8 heteroatoms. The lowest BCUT2D eigenvalue weighted by Crippen LogP contribution is -2.14. The van der Waals surface area contributed by atoms with Crippen LogP contribution in [0.3, 0.4) is 0 Å². The van der Waals surface area contributed by atoms with Crippen LogP contribution in [0.25, 0.3) is 11.2 Å². The SMILES string of the molecule is COc1ccc(CCNc2nc(Nc3cccc(N(C)C)c3)nc3c2ncn3C2CCCCC2)cc1. The summed E-state index contributed by atoms with van der Waals surface area (Å²) in [4.78, 5) is 16.6. The molecule has 0 bridgehead atoms. The highest BCUT2D eigenvalue weighted by atomic mass is 16.5. The monoisotopic (exact) mass is 485 g/mol. The Morgan fingerprint density at radius 1 is 1.03 bits per heavy atom. The number of benzene rings is 2. The maximum atomic E-state index is 5.27. The molecule has 5 rings (SSSR count). The zero-order chi connectivity index (χ0) is 24.9. The molecule has 188 valence electrons. The molecule has 1 saturated carbocycles. The number of ether oxygens (including phenoxy) is 1. The Balaban J connectivity index is 1.43. The Kier molecular flexibility index (Phi) is 7.21.